The van der Waals surface area contributed by atoms with E-state index in [0.717, 1.165) is 0 Å². The van der Waals surface area contributed by atoms with Gasteiger partial charge in [0.2, 0.25) is 5.82 Å². The number of ether oxygens (including phenoxy) is 2. The van der Waals surface area contributed by atoms with Crippen molar-refractivity contribution in [2.75, 3.05) is 6.61 Å². The lowest BCUT2D eigenvalue weighted by atomic mass is 9.92. The Bertz CT molecular complexity index is 1410. The number of H-pyrrole nitrogens is 1. The van der Waals surface area contributed by atoms with Crippen molar-refractivity contribution in [3.63, 3.8) is 0 Å². The number of phosphoric ester groups is 1. The van der Waals surface area contributed by atoms with Crippen LogP contribution in [0, 0.1) is 17.1 Å². The molecule has 212 valence electrons. The first kappa shape index (κ1) is 30.5. The molecule has 2 aromatic rings. The van der Waals surface area contributed by atoms with Crippen LogP contribution in [0.25, 0.3) is 0 Å². The van der Waals surface area contributed by atoms with Crippen LogP contribution in [0.4, 0.5) is 4.39 Å². The Morgan fingerprint density at radius 3 is 2.62 bits per heavy atom. The van der Waals surface area contributed by atoms with Crippen molar-refractivity contribution in [1.29, 1.82) is 0 Å². The largest absolute Gasteiger partial charge is 0.530 e. The fraction of sp³-hybridized carbons (Fsp3) is 0.435. The van der Waals surface area contributed by atoms with E-state index in [9.17, 15) is 28.4 Å². The van der Waals surface area contributed by atoms with Crippen LogP contribution in [0.5, 0.6) is 5.75 Å². The quantitative estimate of drug-likeness (QED) is 0.207. The third-order valence-corrected chi connectivity index (χ3v) is 6.89. The fourth-order valence-electron chi connectivity index (χ4n) is 3.50. The number of esters is 1. The molecule has 1 aliphatic heterocycles. The highest BCUT2D eigenvalue weighted by Gasteiger charge is 2.55. The summed E-state index contributed by atoms with van der Waals surface area (Å²) in [5, 5.41) is 12.9. The number of hydrogen-bond acceptors (Lipinski definition) is 11. The number of phosphoric acid groups is 1. The van der Waals surface area contributed by atoms with Gasteiger partial charge in [-0.05, 0) is 44.5 Å². The van der Waals surface area contributed by atoms with Gasteiger partial charge in [0, 0.05) is 5.38 Å². The number of para-hydroxylation sites is 1. The summed E-state index contributed by atoms with van der Waals surface area (Å²) in [5.74, 6) is 0.182. The first-order chi connectivity index (χ1) is 18.3. The van der Waals surface area contributed by atoms with E-state index in [1.807, 2.05) is 5.38 Å². The second-order valence-electron chi connectivity index (χ2n) is 8.65. The summed E-state index contributed by atoms with van der Waals surface area (Å²) >= 11 is 5.51. The number of aromatic amines is 1. The maximum absolute atomic E-state index is 14.0. The number of nitrogens with one attached hydrogen (secondary N) is 1. The summed E-state index contributed by atoms with van der Waals surface area (Å²) < 4.78 is 55.0. The smallest absolute Gasteiger partial charge is 0.461 e. The molecule has 39 heavy (non-hydrogen) atoms. The van der Waals surface area contributed by atoms with Gasteiger partial charge in [-0.25, -0.2) is 14.2 Å². The lowest BCUT2D eigenvalue weighted by Crippen LogP contribution is -2.55. The predicted octanol–water partition coefficient (Wildman–Crippen LogP) is 1.39. The van der Waals surface area contributed by atoms with Gasteiger partial charge in [0.25, 0.3) is 5.56 Å². The molecule has 1 aromatic heterocycles. The van der Waals surface area contributed by atoms with Gasteiger partial charge >= 0.3 is 19.5 Å². The second-order valence-corrected chi connectivity index (χ2v) is 10.4. The highest BCUT2D eigenvalue weighted by atomic mass is 35.5. The van der Waals surface area contributed by atoms with Gasteiger partial charge in [-0.15, -0.1) is 0 Å². The third-order valence-electron chi connectivity index (χ3n) is 5.32. The molecule has 1 fully saturated rings. The zero-order valence-corrected chi connectivity index (χ0v) is 22.6. The number of nitrogens with zero attached hydrogens (tertiary/aromatic N) is 1. The van der Waals surface area contributed by atoms with Crippen LogP contribution >= 0.6 is 19.4 Å². The molecule has 1 saturated heterocycles. The Labute approximate surface area is 226 Å². The molecular weight excluding hydrogens is 564 g/mol. The molecule has 1 unspecified atom stereocenters. The molecule has 0 aliphatic carbocycles. The fourth-order valence-corrected chi connectivity index (χ4v) is 5.01. The van der Waals surface area contributed by atoms with Gasteiger partial charge in [-0.3, -0.25) is 23.4 Å². The second kappa shape index (κ2) is 12.4. The number of nitrogens with two attached hydrogens (primary N) is 1. The normalized spacial score (nSPS) is 24.9. The molecule has 0 bridgehead atoms. The molecule has 13 nitrogen and oxygen atoms in total. The minimum atomic E-state index is -4.62. The van der Waals surface area contributed by atoms with E-state index in [4.69, 9.17) is 40.4 Å². The van der Waals surface area contributed by atoms with Crippen LogP contribution < -0.4 is 21.5 Å². The number of aliphatic hydroxyl groups is 1. The number of aliphatic hydroxyl groups excluding tert-OH is 1. The van der Waals surface area contributed by atoms with Crippen molar-refractivity contribution in [2.24, 2.45) is 5.73 Å². The minimum Gasteiger partial charge on any atom is -0.461 e. The number of rotatable bonds is 10. The van der Waals surface area contributed by atoms with Crippen LogP contribution in [0.1, 0.15) is 27.0 Å². The van der Waals surface area contributed by atoms with Gasteiger partial charge < -0.3 is 24.8 Å². The van der Waals surface area contributed by atoms with Crippen molar-refractivity contribution in [3.8, 4) is 17.0 Å². The van der Waals surface area contributed by atoms with Gasteiger partial charge in [-0.2, -0.15) is 4.39 Å². The SMILES string of the molecule is CC(C)OC(=O)[C@H](C)O[P@](=O)(OC[C@H]1O[C@@H](n2cc(F)c(=O)[nH]c2=O)C(N)(C#CCl)[C@H]1O)Oc1ccccc1. The van der Waals surface area contributed by atoms with E-state index >= 15 is 0 Å². The zero-order chi connectivity index (χ0) is 29.0. The average molecular weight is 590 g/mol. The van der Waals surface area contributed by atoms with E-state index in [1.165, 1.54) is 19.1 Å². The van der Waals surface area contributed by atoms with E-state index in [-0.39, 0.29) is 5.75 Å². The number of carbonyl (C=O) groups excluding carboxylic acids is 1. The summed E-state index contributed by atoms with van der Waals surface area (Å²) in [5.41, 5.74) is 1.68. The molecule has 2 heterocycles. The molecular formula is C23H26ClFN3O10P. The van der Waals surface area contributed by atoms with Crippen molar-refractivity contribution < 1.29 is 41.9 Å². The highest BCUT2D eigenvalue weighted by molar-refractivity contribution is 7.49. The molecule has 0 amide bonds. The van der Waals surface area contributed by atoms with Crippen LogP contribution in [-0.4, -0.2) is 57.2 Å². The van der Waals surface area contributed by atoms with E-state index in [1.54, 1.807) is 37.0 Å². The Hall–Kier alpha value is -3.02. The Morgan fingerprint density at radius 2 is 2.00 bits per heavy atom. The molecule has 3 rings (SSSR count). The summed E-state index contributed by atoms with van der Waals surface area (Å²) in [6.45, 7) is 3.75. The van der Waals surface area contributed by atoms with Crippen LogP contribution in [0.15, 0.2) is 46.1 Å². The summed E-state index contributed by atoms with van der Waals surface area (Å²) in [7, 11) is -4.62. The monoisotopic (exact) mass is 589 g/mol. The van der Waals surface area contributed by atoms with Crippen LogP contribution in [0.2, 0.25) is 0 Å². The maximum Gasteiger partial charge on any atom is 0.530 e. The minimum absolute atomic E-state index is 0.0625. The van der Waals surface area contributed by atoms with Crippen molar-refractivity contribution in [1.82, 2.24) is 9.55 Å². The number of halogens is 2. The van der Waals surface area contributed by atoms with Gasteiger partial charge in [0.1, 0.15) is 18.0 Å². The van der Waals surface area contributed by atoms with E-state index < -0.39 is 73.6 Å². The average Bonchev–Trinajstić information content (AvgIpc) is 3.10. The number of hydrogen-bond donors (Lipinski definition) is 3. The zero-order valence-electron chi connectivity index (χ0n) is 20.9. The van der Waals surface area contributed by atoms with Gasteiger partial charge in [-0.1, -0.05) is 24.1 Å². The molecule has 4 N–H and O–H groups in total. The molecule has 1 aromatic carbocycles. The predicted molar refractivity (Wildman–Crippen MR) is 134 cm³/mol. The van der Waals surface area contributed by atoms with Gasteiger partial charge in [0.05, 0.1) is 18.9 Å². The summed E-state index contributed by atoms with van der Waals surface area (Å²) in [6.07, 6.45) is -6.27. The standard InChI is InChI=1S/C23H26ClFN3O10P/c1-13(2)35-20(31)14(3)37-39(33,38-15-7-5-4-6-8-15)34-12-17-18(29)23(26,9-10-24)21(36-17)28-11-16(25)19(30)27-22(28)32/h4-8,11,13-14,17-18,21,29H,12,26H2,1-3H3,(H,27,30,32)/t14-,17+,18-,21+,23?,39-/m0/s1. The Kier molecular flexibility index (Phi) is 9.74. The van der Waals surface area contributed by atoms with Gasteiger partial charge in [0.15, 0.2) is 17.9 Å². The van der Waals surface area contributed by atoms with Crippen molar-refractivity contribution in [3.05, 3.63) is 63.2 Å². The highest BCUT2D eigenvalue weighted by Crippen LogP contribution is 2.51. The molecule has 1 aliphatic rings. The third kappa shape index (κ3) is 7.14. The van der Waals surface area contributed by atoms with E-state index in [0.29, 0.717) is 10.8 Å². The molecule has 0 saturated carbocycles. The topological polar surface area (TPSA) is 181 Å². The molecule has 16 heteroatoms. The van der Waals surface area contributed by atoms with Crippen molar-refractivity contribution >= 4 is 25.4 Å². The first-order valence-corrected chi connectivity index (χ1v) is 13.3. The molecule has 0 spiro atoms. The lowest BCUT2D eigenvalue weighted by molar-refractivity contribution is -0.156. The first-order valence-electron chi connectivity index (χ1n) is 11.4. The van der Waals surface area contributed by atoms with Crippen LogP contribution in [0.3, 0.4) is 0 Å². The Balaban J connectivity index is 1.89. The van der Waals surface area contributed by atoms with E-state index in [2.05, 4.69) is 5.92 Å². The maximum atomic E-state index is 14.0. The van der Waals surface area contributed by atoms with Crippen LogP contribution in [-0.2, 0) is 27.9 Å². The Morgan fingerprint density at radius 1 is 1.33 bits per heavy atom. The lowest BCUT2D eigenvalue weighted by Gasteiger charge is -2.27. The van der Waals surface area contributed by atoms with Crippen molar-refractivity contribution in [2.45, 2.75) is 57.0 Å². The molecule has 6 atom stereocenters. The molecule has 0 radical (unpaired) electrons. The summed E-state index contributed by atoms with van der Waals surface area (Å²) in [4.78, 5) is 37.8. The number of aromatic nitrogens is 2. The summed E-state index contributed by atoms with van der Waals surface area (Å²) in [6, 6.07) is 7.74. The number of carbonyl (C=O) groups is 1. The number of benzene rings is 1.